The van der Waals surface area contributed by atoms with Gasteiger partial charge in [0.05, 0.1) is 7.11 Å². The number of hydrogen-bond donors (Lipinski definition) is 1. The Morgan fingerprint density at radius 2 is 1.79 bits per heavy atom. The Labute approximate surface area is 170 Å². The Morgan fingerprint density at radius 1 is 1.00 bits per heavy atom. The number of carbonyl (C=O) groups excluding carboxylic acids is 1. The van der Waals surface area contributed by atoms with Crippen molar-refractivity contribution < 1.29 is 9.53 Å². The zero-order chi connectivity index (χ0) is 19.8. The number of ether oxygens (including phenoxy) is 1. The summed E-state index contributed by atoms with van der Waals surface area (Å²) in [5, 5.41) is 3.37. The minimum absolute atomic E-state index is 0.140. The van der Waals surface area contributed by atoms with Crippen LogP contribution in [0.2, 0.25) is 0 Å². The minimum Gasteiger partial charge on any atom is -0.497 e. The Kier molecular flexibility index (Phi) is 4.47. The average Bonchev–Trinajstić information content (AvgIpc) is 3.21. The van der Waals surface area contributed by atoms with Gasteiger partial charge in [0.25, 0.3) is 5.91 Å². The summed E-state index contributed by atoms with van der Waals surface area (Å²) in [6.07, 6.45) is 4.07. The highest BCUT2D eigenvalue weighted by molar-refractivity contribution is 6.07. The van der Waals surface area contributed by atoms with Gasteiger partial charge in [0.1, 0.15) is 5.75 Å². The van der Waals surface area contributed by atoms with E-state index in [1.165, 1.54) is 10.9 Å². The first-order chi connectivity index (χ1) is 14.2. The molecule has 4 heteroatoms. The number of likely N-dealkylation sites (tertiary alicyclic amines) is 1. The van der Waals surface area contributed by atoms with Crippen LogP contribution in [-0.4, -0.2) is 36.0 Å². The molecular weight excluding hydrogens is 360 g/mol. The first-order valence-electron chi connectivity index (χ1n) is 10.2. The predicted octanol–water partition coefficient (Wildman–Crippen LogP) is 5.35. The van der Waals surface area contributed by atoms with Gasteiger partial charge in [-0.15, -0.1) is 0 Å². The SMILES string of the molecule is COc1ccc2[nH]cc(C3CCN(C(=O)c4cccc5ccccc45)CC3)c2c1. The molecule has 0 unspecified atom stereocenters. The molecule has 1 aliphatic heterocycles. The number of nitrogens with zero attached hydrogens (tertiary/aromatic N) is 1. The van der Waals surface area contributed by atoms with Crippen LogP contribution in [0.1, 0.15) is 34.7 Å². The summed E-state index contributed by atoms with van der Waals surface area (Å²) in [5.41, 5.74) is 3.27. The van der Waals surface area contributed by atoms with Crippen molar-refractivity contribution in [2.24, 2.45) is 0 Å². The van der Waals surface area contributed by atoms with E-state index in [2.05, 4.69) is 35.4 Å². The molecule has 1 aromatic heterocycles. The van der Waals surface area contributed by atoms with Crippen LogP contribution < -0.4 is 4.74 Å². The van der Waals surface area contributed by atoms with Gasteiger partial charge in [-0.2, -0.15) is 0 Å². The summed E-state index contributed by atoms with van der Waals surface area (Å²) in [4.78, 5) is 18.6. The van der Waals surface area contributed by atoms with Crippen molar-refractivity contribution in [3.8, 4) is 5.75 Å². The van der Waals surface area contributed by atoms with Gasteiger partial charge in [-0.3, -0.25) is 4.79 Å². The summed E-state index contributed by atoms with van der Waals surface area (Å²) in [6, 6.07) is 20.2. The molecule has 1 fully saturated rings. The highest BCUT2D eigenvalue weighted by Crippen LogP contribution is 2.35. The number of aromatic nitrogens is 1. The molecule has 5 rings (SSSR count). The maximum Gasteiger partial charge on any atom is 0.254 e. The third kappa shape index (κ3) is 3.15. The fourth-order valence-corrected chi connectivity index (χ4v) is 4.56. The number of rotatable bonds is 3. The fourth-order valence-electron chi connectivity index (χ4n) is 4.56. The second-order valence-corrected chi connectivity index (χ2v) is 7.75. The van der Waals surface area contributed by atoms with Crippen LogP contribution >= 0.6 is 0 Å². The highest BCUT2D eigenvalue weighted by Gasteiger charge is 2.26. The smallest absolute Gasteiger partial charge is 0.254 e. The molecule has 4 aromatic rings. The number of methoxy groups -OCH3 is 1. The Balaban J connectivity index is 1.36. The van der Waals surface area contributed by atoms with E-state index >= 15 is 0 Å². The molecule has 146 valence electrons. The second-order valence-electron chi connectivity index (χ2n) is 7.75. The Bertz CT molecular complexity index is 1180. The number of hydrogen-bond acceptors (Lipinski definition) is 2. The predicted molar refractivity (Wildman–Crippen MR) is 117 cm³/mol. The van der Waals surface area contributed by atoms with Gasteiger partial charge in [-0.1, -0.05) is 36.4 Å². The van der Waals surface area contributed by atoms with Crippen molar-refractivity contribution in [3.63, 3.8) is 0 Å². The third-order valence-corrected chi connectivity index (χ3v) is 6.16. The number of fused-ring (bicyclic) bond motifs is 2. The lowest BCUT2D eigenvalue weighted by Gasteiger charge is -2.32. The van der Waals surface area contributed by atoms with E-state index in [-0.39, 0.29) is 5.91 Å². The number of amides is 1. The minimum atomic E-state index is 0.140. The van der Waals surface area contributed by atoms with Crippen LogP contribution in [0, 0.1) is 0 Å². The van der Waals surface area contributed by atoms with E-state index in [1.54, 1.807) is 7.11 Å². The molecule has 0 bridgehead atoms. The summed E-state index contributed by atoms with van der Waals surface area (Å²) < 4.78 is 5.40. The van der Waals surface area contributed by atoms with Gasteiger partial charge in [-0.25, -0.2) is 0 Å². The van der Waals surface area contributed by atoms with Gasteiger partial charge in [0.15, 0.2) is 0 Å². The van der Waals surface area contributed by atoms with Crippen LogP contribution in [0.3, 0.4) is 0 Å². The normalized spacial score (nSPS) is 15.1. The molecular formula is C25H24N2O2. The molecule has 2 heterocycles. The maximum atomic E-state index is 13.2. The topological polar surface area (TPSA) is 45.3 Å². The van der Waals surface area contributed by atoms with Gasteiger partial charge in [0, 0.05) is 35.8 Å². The molecule has 3 aromatic carbocycles. The molecule has 0 radical (unpaired) electrons. The second kappa shape index (κ2) is 7.28. The number of aromatic amines is 1. The van der Waals surface area contributed by atoms with E-state index in [0.29, 0.717) is 5.92 Å². The van der Waals surface area contributed by atoms with Gasteiger partial charge in [0.2, 0.25) is 0 Å². The molecule has 0 atom stereocenters. The third-order valence-electron chi connectivity index (χ3n) is 6.16. The monoisotopic (exact) mass is 384 g/mol. The summed E-state index contributed by atoms with van der Waals surface area (Å²) in [5.74, 6) is 1.47. The van der Waals surface area contributed by atoms with E-state index in [9.17, 15) is 4.79 Å². The van der Waals surface area contributed by atoms with Crippen molar-refractivity contribution in [2.75, 3.05) is 20.2 Å². The van der Waals surface area contributed by atoms with Crippen LogP contribution in [0.15, 0.2) is 66.9 Å². The van der Waals surface area contributed by atoms with Crippen molar-refractivity contribution in [2.45, 2.75) is 18.8 Å². The molecule has 29 heavy (non-hydrogen) atoms. The van der Waals surface area contributed by atoms with Crippen LogP contribution in [-0.2, 0) is 0 Å². The standard InChI is InChI=1S/C25H24N2O2/c1-29-19-9-10-24-22(15-19)23(16-26-24)18-11-13-27(14-12-18)25(28)21-8-4-6-17-5-2-3-7-20(17)21/h2-10,15-16,18,26H,11-14H2,1H3. The van der Waals surface area contributed by atoms with Crippen molar-refractivity contribution >= 4 is 27.6 Å². The molecule has 0 spiro atoms. The Hall–Kier alpha value is -3.27. The molecule has 1 N–H and O–H groups in total. The lowest BCUT2D eigenvalue weighted by molar-refractivity contribution is 0.0715. The number of carbonyl (C=O) groups is 1. The zero-order valence-electron chi connectivity index (χ0n) is 16.5. The molecule has 1 amide bonds. The quantitative estimate of drug-likeness (QED) is 0.517. The van der Waals surface area contributed by atoms with E-state index in [0.717, 1.165) is 53.5 Å². The van der Waals surface area contributed by atoms with Crippen molar-refractivity contribution in [1.29, 1.82) is 0 Å². The van der Waals surface area contributed by atoms with Crippen molar-refractivity contribution in [3.05, 3.63) is 78.0 Å². The van der Waals surface area contributed by atoms with Gasteiger partial charge in [-0.05, 0) is 59.4 Å². The molecule has 0 saturated carbocycles. The van der Waals surface area contributed by atoms with E-state index in [1.807, 2.05) is 41.3 Å². The lowest BCUT2D eigenvalue weighted by Crippen LogP contribution is -2.38. The summed E-state index contributed by atoms with van der Waals surface area (Å²) in [6.45, 7) is 1.56. The maximum absolute atomic E-state index is 13.2. The summed E-state index contributed by atoms with van der Waals surface area (Å²) >= 11 is 0. The lowest BCUT2D eigenvalue weighted by atomic mass is 9.88. The summed E-state index contributed by atoms with van der Waals surface area (Å²) in [7, 11) is 1.70. The van der Waals surface area contributed by atoms with Gasteiger partial charge < -0.3 is 14.6 Å². The molecule has 4 nitrogen and oxygen atoms in total. The van der Waals surface area contributed by atoms with Crippen LogP contribution in [0.25, 0.3) is 21.7 Å². The molecule has 0 aliphatic carbocycles. The first kappa shape index (κ1) is 17.8. The number of H-pyrrole nitrogens is 1. The van der Waals surface area contributed by atoms with Crippen LogP contribution in [0.5, 0.6) is 5.75 Å². The van der Waals surface area contributed by atoms with E-state index in [4.69, 9.17) is 4.74 Å². The Morgan fingerprint density at radius 3 is 2.62 bits per heavy atom. The van der Waals surface area contributed by atoms with Crippen molar-refractivity contribution in [1.82, 2.24) is 9.88 Å². The average molecular weight is 384 g/mol. The molecule has 1 aliphatic rings. The fraction of sp³-hybridized carbons (Fsp3) is 0.240. The van der Waals surface area contributed by atoms with E-state index < -0.39 is 0 Å². The highest BCUT2D eigenvalue weighted by atomic mass is 16.5. The first-order valence-corrected chi connectivity index (χ1v) is 10.2. The molecule has 1 saturated heterocycles. The number of piperidine rings is 1. The largest absolute Gasteiger partial charge is 0.497 e. The van der Waals surface area contributed by atoms with Gasteiger partial charge >= 0.3 is 0 Å². The zero-order valence-corrected chi connectivity index (χ0v) is 16.5. The number of nitrogens with one attached hydrogen (secondary N) is 1. The van der Waals surface area contributed by atoms with Crippen LogP contribution in [0.4, 0.5) is 0 Å². The number of benzene rings is 3.